The van der Waals surface area contributed by atoms with Gasteiger partial charge < -0.3 is 0 Å². The summed E-state index contributed by atoms with van der Waals surface area (Å²) in [5.41, 5.74) is 3.17. The zero-order valence-corrected chi connectivity index (χ0v) is 14.5. The lowest BCUT2D eigenvalue weighted by Crippen LogP contribution is -1.92. The number of benzene rings is 1. The Hall–Kier alpha value is -1.39. The van der Waals surface area contributed by atoms with Crippen molar-refractivity contribution in [2.75, 3.05) is 0 Å². The largest absolute Gasteiger partial charge is 0.217 e. The topological polar surface area (TPSA) is 30.2 Å². The number of nitrogens with zero attached hydrogens (tertiary/aromatic N) is 3. The van der Waals surface area contributed by atoms with Crippen LogP contribution in [0.2, 0.25) is 5.02 Å². The van der Waals surface area contributed by atoms with Crippen molar-refractivity contribution in [3.63, 3.8) is 0 Å². The average Bonchev–Trinajstić information content (AvgIpc) is 3.04. The maximum Gasteiger partial charge on any atom is 0.212 e. The number of aryl methyl sites for hydroxylation is 2. The summed E-state index contributed by atoms with van der Waals surface area (Å²) in [5, 5.41) is 6.65. The lowest BCUT2D eigenvalue weighted by molar-refractivity contribution is 0.660. The third-order valence-electron chi connectivity index (χ3n) is 3.83. The fourth-order valence-corrected chi connectivity index (χ4v) is 3.68. The SMILES string of the molecule is CCCCCCc1nn2c(C)c(-c3ccc(Cl)cc3)nc2s1. The molecule has 3 nitrogen and oxygen atoms in total. The third-order valence-corrected chi connectivity index (χ3v) is 5.05. The van der Waals surface area contributed by atoms with E-state index in [0.717, 1.165) is 33.4 Å². The molecule has 0 atom stereocenters. The number of aromatic nitrogens is 3. The molecule has 0 saturated carbocycles. The summed E-state index contributed by atoms with van der Waals surface area (Å²) in [6.07, 6.45) is 6.14. The van der Waals surface area contributed by atoms with E-state index in [9.17, 15) is 0 Å². The number of unbranched alkanes of at least 4 members (excludes halogenated alkanes) is 3. The molecular formula is C17H20ClN3S. The molecule has 2 aromatic heterocycles. The fourth-order valence-electron chi connectivity index (χ4n) is 2.57. The van der Waals surface area contributed by atoms with Crippen molar-refractivity contribution in [2.45, 2.75) is 46.0 Å². The van der Waals surface area contributed by atoms with Crippen LogP contribution in [0, 0.1) is 6.92 Å². The van der Waals surface area contributed by atoms with Crippen LogP contribution < -0.4 is 0 Å². The second-order valence-electron chi connectivity index (χ2n) is 5.55. The summed E-state index contributed by atoms with van der Waals surface area (Å²) in [7, 11) is 0. The first-order chi connectivity index (χ1) is 10.7. The van der Waals surface area contributed by atoms with Gasteiger partial charge in [0.05, 0.1) is 11.4 Å². The molecule has 5 heteroatoms. The normalized spacial score (nSPS) is 11.4. The Balaban J connectivity index is 1.82. The number of imidazole rings is 1. The van der Waals surface area contributed by atoms with E-state index >= 15 is 0 Å². The minimum absolute atomic E-state index is 0.745. The van der Waals surface area contributed by atoms with E-state index in [0.29, 0.717) is 0 Å². The van der Waals surface area contributed by atoms with Crippen molar-refractivity contribution in [1.82, 2.24) is 14.6 Å². The van der Waals surface area contributed by atoms with Crippen molar-refractivity contribution in [1.29, 1.82) is 0 Å². The number of hydrogen-bond acceptors (Lipinski definition) is 3. The molecule has 0 aliphatic rings. The van der Waals surface area contributed by atoms with Gasteiger partial charge >= 0.3 is 0 Å². The maximum atomic E-state index is 5.95. The average molecular weight is 334 g/mol. The third kappa shape index (κ3) is 3.18. The van der Waals surface area contributed by atoms with Crippen LogP contribution in [0.25, 0.3) is 16.2 Å². The Kier molecular flexibility index (Phi) is 4.79. The Bertz CT molecular complexity index is 758. The van der Waals surface area contributed by atoms with E-state index in [1.54, 1.807) is 11.3 Å². The molecular weight excluding hydrogens is 314 g/mol. The summed E-state index contributed by atoms with van der Waals surface area (Å²) in [5.74, 6) is 0. The lowest BCUT2D eigenvalue weighted by Gasteiger charge is -1.99. The van der Waals surface area contributed by atoms with Gasteiger partial charge in [-0.2, -0.15) is 5.10 Å². The molecule has 0 aliphatic carbocycles. The van der Waals surface area contributed by atoms with Gasteiger partial charge in [-0.05, 0) is 25.5 Å². The predicted molar refractivity (Wildman–Crippen MR) is 93.9 cm³/mol. The highest BCUT2D eigenvalue weighted by Crippen LogP contribution is 2.27. The molecule has 0 fully saturated rings. The predicted octanol–water partition coefficient (Wildman–Crippen LogP) is 5.54. The van der Waals surface area contributed by atoms with Gasteiger partial charge in [-0.15, -0.1) is 0 Å². The summed E-state index contributed by atoms with van der Waals surface area (Å²) in [6.45, 7) is 4.31. The van der Waals surface area contributed by atoms with Gasteiger partial charge in [0.1, 0.15) is 5.01 Å². The molecule has 1 aromatic carbocycles. The van der Waals surface area contributed by atoms with Gasteiger partial charge in [-0.1, -0.05) is 61.3 Å². The van der Waals surface area contributed by atoms with E-state index in [-0.39, 0.29) is 0 Å². The molecule has 0 radical (unpaired) electrons. The van der Waals surface area contributed by atoms with Crippen LogP contribution in [0.1, 0.15) is 43.3 Å². The minimum Gasteiger partial charge on any atom is -0.217 e. The first-order valence-electron chi connectivity index (χ1n) is 7.80. The van der Waals surface area contributed by atoms with E-state index < -0.39 is 0 Å². The summed E-state index contributed by atoms with van der Waals surface area (Å²) >= 11 is 7.66. The Morgan fingerprint density at radius 1 is 1.14 bits per heavy atom. The van der Waals surface area contributed by atoms with Crippen LogP contribution in [-0.2, 0) is 6.42 Å². The van der Waals surface area contributed by atoms with Crippen molar-refractivity contribution >= 4 is 27.9 Å². The summed E-state index contributed by atoms with van der Waals surface area (Å²) in [6, 6.07) is 7.81. The Morgan fingerprint density at radius 3 is 2.59 bits per heavy atom. The maximum absolute atomic E-state index is 5.95. The molecule has 3 aromatic rings. The number of fused-ring (bicyclic) bond motifs is 1. The van der Waals surface area contributed by atoms with Gasteiger partial charge in [-0.3, -0.25) is 0 Å². The lowest BCUT2D eigenvalue weighted by atomic mass is 10.1. The molecule has 0 bridgehead atoms. The molecule has 0 aliphatic heterocycles. The van der Waals surface area contributed by atoms with Gasteiger partial charge in [-0.25, -0.2) is 9.50 Å². The Morgan fingerprint density at radius 2 is 1.91 bits per heavy atom. The first-order valence-corrected chi connectivity index (χ1v) is 8.99. The standard InChI is InChI=1S/C17H20ClN3S/c1-3-4-5-6-7-15-20-21-12(2)16(19-17(21)22-15)13-8-10-14(18)11-9-13/h8-11H,3-7H2,1-2H3. The highest BCUT2D eigenvalue weighted by molar-refractivity contribution is 7.16. The van der Waals surface area contributed by atoms with Crippen LogP contribution in [0.3, 0.4) is 0 Å². The van der Waals surface area contributed by atoms with E-state index in [1.807, 2.05) is 28.8 Å². The smallest absolute Gasteiger partial charge is 0.212 e. The highest BCUT2D eigenvalue weighted by atomic mass is 35.5. The summed E-state index contributed by atoms with van der Waals surface area (Å²) < 4.78 is 1.98. The molecule has 22 heavy (non-hydrogen) atoms. The van der Waals surface area contributed by atoms with Crippen LogP contribution >= 0.6 is 22.9 Å². The van der Waals surface area contributed by atoms with Gasteiger partial charge in [0.25, 0.3) is 0 Å². The number of halogens is 1. The van der Waals surface area contributed by atoms with E-state index in [1.165, 1.54) is 30.7 Å². The summed E-state index contributed by atoms with van der Waals surface area (Å²) in [4.78, 5) is 5.73. The van der Waals surface area contributed by atoms with Gasteiger partial charge in [0.15, 0.2) is 0 Å². The highest BCUT2D eigenvalue weighted by Gasteiger charge is 2.14. The zero-order chi connectivity index (χ0) is 15.5. The van der Waals surface area contributed by atoms with Crippen molar-refractivity contribution in [2.24, 2.45) is 0 Å². The van der Waals surface area contributed by atoms with Crippen LogP contribution in [0.5, 0.6) is 0 Å². The van der Waals surface area contributed by atoms with Crippen molar-refractivity contribution < 1.29 is 0 Å². The molecule has 0 spiro atoms. The van der Waals surface area contributed by atoms with E-state index in [4.69, 9.17) is 21.7 Å². The molecule has 0 amide bonds. The monoisotopic (exact) mass is 333 g/mol. The molecule has 0 unspecified atom stereocenters. The van der Waals surface area contributed by atoms with Gasteiger partial charge in [0.2, 0.25) is 4.96 Å². The van der Waals surface area contributed by atoms with Crippen molar-refractivity contribution in [3.8, 4) is 11.3 Å². The minimum atomic E-state index is 0.745. The number of hydrogen-bond donors (Lipinski definition) is 0. The Labute approximate surface area is 140 Å². The molecule has 3 rings (SSSR count). The number of rotatable bonds is 6. The molecule has 116 valence electrons. The molecule has 0 saturated heterocycles. The first kappa shape index (κ1) is 15.5. The molecule has 0 N–H and O–H groups in total. The van der Waals surface area contributed by atoms with E-state index in [2.05, 4.69) is 13.8 Å². The fraction of sp³-hybridized carbons (Fsp3) is 0.412. The molecule has 2 heterocycles. The van der Waals surface area contributed by atoms with Crippen LogP contribution in [-0.4, -0.2) is 14.6 Å². The zero-order valence-electron chi connectivity index (χ0n) is 13.0. The van der Waals surface area contributed by atoms with Crippen LogP contribution in [0.4, 0.5) is 0 Å². The van der Waals surface area contributed by atoms with Crippen LogP contribution in [0.15, 0.2) is 24.3 Å². The van der Waals surface area contributed by atoms with Gasteiger partial charge in [0, 0.05) is 17.0 Å². The quantitative estimate of drug-likeness (QED) is 0.554. The second-order valence-corrected chi connectivity index (χ2v) is 7.03. The second kappa shape index (κ2) is 6.80. The van der Waals surface area contributed by atoms with Crippen molar-refractivity contribution in [3.05, 3.63) is 40.0 Å².